The highest BCUT2D eigenvalue weighted by Crippen LogP contribution is 2.32. The maximum Gasteiger partial charge on any atom is 0.229 e. The average molecular weight is 409 g/mol. The summed E-state index contributed by atoms with van der Waals surface area (Å²) in [6.07, 6.45) is 1.91. The third-order valence-electron chi connectivity index (χ3n) is 5.11. The number of hydrogen-bond acceptors (Lipinski definition) is 6. The number of para-hydroxylation sites is 1. The van der Waals surface area contributed by atoms with Gasteiger partial charge in [-0.1, -0.05) is 23.5 Å². The van der Waals surface area contributed by atoms with Crippen molar-refractivity contribution < 1.29 is 4.79 Å². The molecule has 0 aliphatic carbocycles. The molecule has 0 bridgehead atoms. The fourth-order valence-electron chi connectivity index (χ4n) is 3.72. The van der Waals surface area contributed by atoms with Gasteiger partial charge in [-0.15, -0.1) is 11.3 Å². The second-order valence-electron chi connectivity index (χ2n) is 7.15. The van der Waals surface area contributed by atoms with Crippen LogP contribution in [0.4, 0.5) is 10.8 Å². The van der Waals surface area contributed by atoms with E-state index in [4.69, 9.17) is 4.98 Å². The number of nitrogens with one attached hydrogen (secondary N) is 1. The summed E-state index contributed by atoms with van der Waals surface area (Å²) >= 11 is 3.37. The zero-order valence-corrected chi connectivity index (χ0v) is 17.1. The van der Waals surface area contributed by atoms with Gasteiger partial charge in [0, 0.05) is 18.8 Å². The second kappa shape index (κ2) is 7.14. The summed E-state index contributed by atoms with van der Waals surface area (Å²) in [5.74, 6) is 0.0470. The van der Waals surface area contributed by atoms with Crippen molar-refractivity contribution in [3.63, 3.8) is 0 Å². The molecule has 28 heavy (non-hydrogen) atoms. The topological polar surface area (TPSA) is 58.1 Å². The van der Waals surface area contributed by atoms with Gasteiger partial charge < -0.3 is 10.2 Å². The molecule has 2 aromatic heterocycles. The lowest BCUT2D eigenvalue weighted by Gasteiger charge is -2.31. The molecular formula is C21H20N4OS2. The number of benzene rings is 2. The van der Waals surface area contributed by atoms with Gasteiger partial charge in [0.05, 0.1) is 31.4 Å². The third kappa shape index (κ3) is 3.36. The number of hydrogen-bond donors (Lipinski definition) is 1. The fraction of sp³-hybridized carbons (Fsp3) is 0.286. The highest BCUT2D eigenvalue weighted by Gasteiger charge is 2.27. The van der Waals surface area contributed by atoms with E-state index >= 15 is 0 Å². The maximum atomic E-state index is 12.9. The Labute approximate surface area is 171 Å². The minimum atomic E-state index is -0.0337. The molecule has 1 unspecified atom stereocenters. The number of amides is 1. The minimum absolute atomic E-state index is 0.0337. The van der Waals surface area contributed by atoms with Crippen LogP contribution in [0.3, 0.4) is 0 Å². The van der Waals surface area contributed by atoms with E-state index in [-0.39, 0.29) is 11.8 Å². The van der Waals surface area contributed by atoms with Gasteiger partial charge in [-0.05, 0) is 50.1 Å². The zero-order valence-electron chi connectivity index (χ0n) is 15.5. The summed E-state index contributed by atoms with van der Waals surface area (Å²) in [7, 11) is 0. The summed E-state index contributed by atoms with van der Waals surface area (Å²) in [6, 6.07) is 14.2. The van der Waals surface area contributed by atoms with Crippen LogP contribution in [-0.4, -0.2) is 29.0 Å². The van der Waals surface area contributed by atoms with Gasteiger partial charge >= 0.3 is 0 Å². The Hall–Kier alpha value is -2.51. The molecule has 0 radical (unpaired) electrons. The Kier molecular flexibility index (Phi) is 4.49. The largest absolute Gasteiger partial charge is 0.347 e. The second-order valence-corrected chi connectivity index (χ2v) is 9.40. The summed E-state index contributed by atoms with van der Waals surface area (Å²) in [5, 5.41) is 5.14. The van der Waals surface area contributed by atoms with Crippen LogP contribution >= 0.6 is 22.7 Å². The van der Waals surface area contributed by atoms with Gasteiger partial charge in [0.15, 0.2) is 5.13 Å². The quantitative estimate of drug-likeness (QED) is 0.514. The molecule has 0 spiro atoms. The maximum absolute atomic E-state index is 12.9. The first-order chi connectivity index (χ1) is 13.7. The number of aryl methyl sites for hydroxylation is 1. The predicted octanol–water partition coefficient (Wildman–Crippen LogP) is 5.07. The highest BCUT2D eigenvalue weighted by molar-refractivity contribution is 7.22. The normalized spacial score (nSPS) is 17.3. The Bertz CT molecular complexity index is 1130. The third-order valence-corrected chi connectivity index (χ3v) is 7.16. The number of aromatic nitrogens is 2. The average Bonchev–Trinajstić information content (AvgIpc) is 3.30. The van der Waals surface area contributed by atoms with Gasteiger partial charge in [0.2, 0.25) is 5.91 Å². The van der Waals surface area contributed by atoms with Crippen LogP contribution in [0.1, 0.15) is 17.8 Å². The molecule has 1 aliphatic rings. The molecule has 7 heteroatoms. The number of fused-ring (bicyclic) bond motifs is 2. The van der Waals surface area contributed by atoms with Gasteiger partial charge in [0.1, 0.15) is 0 Å². The molecule has 5 nitrogen and oxygen atoms in total. The van der Waals surface area contributed by atoms with Crippen molar-refractivity contribution in [2.24, 2.45) is 5.92 Å². The van der Waals surface area contributed by atoms with E-state index < -0.39 is 0 Å². The molecule has 0 saturated carbocycles. The lowest BCUT2D eigenvalue weighted by Crippen LogP contribution is -2.40. The summed E-state index contributed by atoms with van der Waals surface area (Å²) in [6.45, 7) is 3.67. The van der Waals surface area contributed by atoms with Crippen LogP contribution in [0, 0.1) is 12.8 Å². The molecule has 142 valence electrons. The van der Waals surface area contributed by atoms with Crippen LogP contribution in [0.15, 0.2) is 42.5 Å². The van der Waals surface area contributed by atoms with Crippen molar-refractivity contribution in [1.82, 2.24) is 9.97 Å². The van der Waals surface area contributed by atoms with Crippen molar-refractivity contribution in [2.75, 3.05) is 23.3 Å². The predicted molar refractivity (Wildman–Crippen MR) is 118 cm³/mol. The SMILES string of the molecule is Cc1nc2cc(NC(=O)C3CCCN(c4nc5ccccc5s4)C3)ccc2s1. The Morgan fingerprint density at radius 1 is 1.11 bits per heavy atom. The smallest absolute Gasteiger partial charge is 0.229 e. The van der Waals surface area contributed by atoms with Crippen LogP contribution in [-0.2, 0) is 4.79 Å². The summed E-state index contributed by atoms with van der Waals surface area (Å²) in [5.41, 5.74) is 2.79. The van der Waals surface area contributed by atoms with E-state index in [1.165, 1.54) is 4.70 Å². The van der Waals surface area contributed by atoms with Crippen LogP contribution < -0.4 is 10.2 Å². The molecule has 1 fully saturated rings. The van der Waals surface area contributed by atoms with Crippen LogP contribution in [0.2, 0.25) is 0 Å². The molecule has 1 amide bonds. The van der Waals surface area contributed by atoms with Gasteiger partial charge in [-0.3, -0.25) is 4.79 Å². The molecule has 1 saturated heterocycles. The molecule has 2 aromatic carbocycles. The zero-order chi connectivity index (χ0) is 19.1. The van der Waals surface area contributed by atoms with E-state index in [0.717, 1.165) is 50.9 Å². The number of thiazole rings is 2. The summed E-state index contributed by atoms with van der Waals surface area (Å²) in [4.78, 5) is 24.4. The van der Waals surface area contributed by atoms with E-state index in [2.05, 4.69) is 21.3 Å². The van der Waals surface area contributed by atoms with E-state index in [9.17, 15) is 4.79 Å². The number of nitrogens with zero attached hydrogens (tertiary/aromatic N) is 3. The molecule has 5 rings (SSSR count). The first-order valence-corrected chi connectivity index (χ1v) is 11.1. The van der Waals surface area contributed by atoms with Crippen molar-refractivity contribution in [3.05, 3.63) is 47.5 Å². The van der Waals surface area contributed by atoms with E-state index in [0.29, 0.717) is 6.54 Å². The fourth-order valence-corrected chi connectivity index (χ4v) is 5.53. The van der Waals surface area contributed by atoms with E-state index in [1.807, 2.05) is 43.3 Å². The molecule has 1 atom stereocenters. The molecule has 4 aromatic rings. The van der Waals surface area contributed by atoms with Crippen molar-refractivity contribution in [2.45, 2.75) is 19.8 Å². The lowest BCUT2D eigenvalue weighted by molar-refractivity contribution is -0.120. The standard InChI is InChI=1S/C21H20N4OS2/c1-13-22-17-11-15(8-9-19(17)27-13)23-20(26)14-5-4-10-25(12-14)21-24-16-6-2-3-7-18(16)28-21/h2-3,6-9,11,14H,4-5,10,12H2,1H3,(H,23,26). The number of anilines is 2. The minimum Gasteiger partial charge on any atom is -0.347 e. The first kappa shape index (κ1) is 17.6. The molecule has 3 heterocycles. The van der Waals surface area contributed by atoms with Crippen molar-refractivity contribution in [1.29, 1.82) is 0 Å². The van der Waals surface area contributed by atoms with E-state index in [1.54, 1.807) is 22.7 Å². The Morgan fingerprint density at radius 2 is 1.96 bits per heavy atom. The molecular weight excluding hydrogens is 388 g/mol. The monoisotopic (exact) mass is 408 g/mol. The number of piperidine rings is 1. The number of carbonyl (C=O) groups excluding carboxylic acids is 1. The number of rotatable bonds is 3. The highest BCUT2D eigenvalue weighted by atomic mass is 32.1. The van der Waals surface area contributed by atoms with Crippen molar-refractivity contribution in [3.8, 4) is 0 Å². The summed E-state index contributed by atoms with van der Waals surface area (Å²) < 4.78 is 2.34. The molecule has 1 N–H and O–H groups in total. The Morgan fingerprint density at radius 3 is 2.86 bits per heavy atom. The van der Waals surface area contributed by atoms with Gasteiger partial charge in [0.25, 0.3) is 0 Å². The van der Waals surface area contributed by atoms with Crippen LogP contribution in [0.25, 0.3) is 20.4 Å². The van der Waals surface area contributed by atoms with Gasteiger partial charge in [-0.2, -0.15) is 0 Å². The first-order valence-electron chi connectivity index (χ1n) is 9.44. The van der Waals surface area contributed by atoms with Gasteiger partial charge in [-0.25, -0.2) is 9.97 Å². The Balaban J connectivity index is 1.31. The van der Waals surface area contributed by atoms with Crippen LogP contribution in [0.5, 0.6) is 0 Å². The molecule has 1 aliphatic heterocycles. The lowest BCUT2D eigenvalue weighted by atomic mass is 9.97. The van der Waals surface area contributed by atoms with Crippen molar-refractivity contribution >= 4 is 59.8 Å². The number of carbonyl (C=O) groups is 1.